The van der Waals surface area contributed by atoms with Gasteiger partial charge in [-0.25, -0.2) is 0 Å². The number of hydrogen-bond donors (Lipinski definition) is 2. The van der Waals surface area contributed by atoms with Crippen molar-refractivity contribution in [2.75, 3.05) is 5.32 Å². The minimum absolute atomic E-state index is 0.0972. The fourth-order valence-electron chi connectivity index (χ4n) is 2.95. The highest BCUT2D eigenvalue weighted by atomic mass is 32.2. The molecule has 1 heterocycles. The second-order valence-electron chi connectivity index (χ2n) is 7.15. The average Bonchev–Trinajstić information content (AvgIpc) is 2.71. The molecule has 7 heteroatoms. The number of para-hydroxylation sites is 1. The van der Waals surface area contributed by atoms with Crippen molar-refractivity contribution in [3.05, 3.63) is 60.2 Å². The standard InChI is InChI=1S/C22H24N2O4S/c1-14(2)20(22(27)23-13-15-8-4-3-5-9-15)28-19(25)12-18-21(26)24-16-10-6-7-11-17(16)29-18/h3-11,14,18,20H,12-13H2,1-2H3,(H,23,27)(H,24,26)/t18-,20-/m0/s1. The van der Waals surface area contributed by atoms with E-state index in [0.717, 1.165) is 16.1 Å². The molecule has 0 spiro atoms. The zero-order valence-electron chi connectivity index (χ0n) is 16.4. The van der Waals surface area contributed by atoms with Crippen LogP contribution in [0.3, 0.4) is 0 Å². The van der Waals surface area contributed by atoms with Gasteiger partial charge in [0.1, 0.15) is 0 Å². The Morgan fingerprint density at radius 2 is 1.79 bits per heavy atom. The topological polar surface area (TPSA) is 84.5 Å². The Balaban J connectivity index is 1.57. The van der Waals surface area contributed by atoms with E-state index < -0.39 is 17.3 Å². The van der Waals surface area contributed by atoms with E-state index in [1.807, 2.05) is 68.4 Å². The van der Waals surface area contributed by atoms with Crippen LogP contribution in [0.4, 0.5) is 5.69 Å². The molecule has 6 nitrogen and oxygen atoms in total. The molecule has 152 valence electrons. The largest absolute Gasteiger partial charge is 0.452 e. The van der Waals surface area contributed by atoms with E-state index in [1.54, 1.807) is 0 Å². The summed E-state index contributed by atoms with van der Waals surface area (Å²) in [6.45, 7) is 3.99. The molecule has 2 aromatic rings. The van der Waals surface area contributed by atoms with Gasteiger partial charge < -0.3 is 15.4 Å². The van der Waals surface area contributed by atoms with E-state index >= 15 is 0 Å². The van der Waals surface area contributed by atoms with E-state index in [9.17, 15) is 14.4 Å². The molecule has 2 atom stereocenters. The summed E-state index contributed by atoms with van der Waals surface area (Å²) < 4.78 is 5.46. The first kappa shape index (κ1) is 20.9. The highest BCUT2D eigenvalue weighted by molar-refractivity contribution is 8.01. The summed E-state index contributed by atoms with van der Waals surface area (Å²) in [6, 6.07) is 17.0. The first-order valence-corrected chi connectivity index (χ1v) is 10.4. The van der Waals surface area contributed by atoms with Gasteiger partial charge in [0.05, 0.1) is 17.4 Å². The van der Waals surface area contributed by atoms with E-state index in [0.29, 0.717) is 6.54 Å². The molecule has 0 unspecified atom stereocenters. The summed E-state index contributed by atoms with van der Waals surface area (Å²) in [6.07, 6.45) is -1.00. The molecule has 2 N–H and O–H groups in total. The number of anilines is 1. The number of esters is 1. The van der Waals surface area contributed by atoms with Crippen molar-refractivity contribution >= 4 is 35.2 Å². The fourth-order valence-corrected chi connectivity index (χ4v) is 4.04. The predicted octanol–water partition coefficient (Wildman–Crippen LogP) is 3.37. The smallest absolute Gasteiger partial charge is 0.308 e. The number of amides is 2. The molecule has 0 saturated heterocycles. The van der Waals surface area contributed by atoms with Crippen molar-refractivity contribution in [3.63, 3.8) is 0 Å². The Hall–Kier alpha value is -2.80. The van der Waals surface area contributed by atoms with Gasteiger partial charge in [0.2, 0.25) is 5.91 Å². The van der Waals surface area contributed by atoms with E-state index in [4.69, 9.17) is 4.74 Å². The molecule has 0 radical (unpaired) electrons. The summed E-state index contributed by atoms with van der Waals surface area (Å²) >= 11 is 1.33. The van der Waals surface area contributed by atoms with Gasteiger partial charge in [-0.1, -0.05) is 56.3 Å². The molecule has 0 aromatic heterocycles. The number of fused-ring (bicyclic) bond motifs is 1. The Labute approximate surface area is 174 Å². The molecule has 0 aliphatic carbocycles. The molecule has 2 aromatic carbocycles. The van der Waals surface area contributed by atoms with Crippen molar-refractivity contribution in [3.8, 4) is 0 Å². The number of nitrogens with one attached hydrogen (secondary N) is 2. The third kappa shape index (κ3) is 5.60. The van der Waals surface area contributed by atoms with Crippen LogP contribution in [-0.4, -0.2) is 29.1 Å². The van der Waals surface area contributed by atoms with E-state index in [2.05, 4.69) is 10.6 Å². The minimum Gasteiger partial charge on any atom is -0.452 e. The van der Waals surface area contributed by atoms with Crippen LogP contribution in [0.5, 0.6) is 0 Å². The lowest BCUT2D eigenvalue weighted by Crippen LogP contribution is -2.41. The third-order valence-electron chi connectivity index (χ3n) is 4.49. The van der Waals surface area contributed by atoms with Crippen LogP contribution in [0.2, 0.25) is 0 Å². The molecule has 1 aliphatic heterocycles. The lowest BCUT2D eigenvalue weighted by molar-refractivity contribution is -0.159. The maximum atomic E-state index is 12.5. The van der Waals surface area contributed by atoms with Crippen molar-refractivity contribution in [1.29, 1.82) is 0 Å². The van der Waals surface area contributed by atoms with Crippen molar-refractivity contribution in [1.82, 2.24) is 5.32 Å². The first-order valence-electron chi connectivity index (χ1n) is 9.51. The average molecular weight is 413 g/mol. The fraction of sp³-hybridized carbons (Fsp3) is 0.318. The summed E-state index contributed by atoms with van der Waals surface area (Å²) in [7, 11) is 0. The second kappa shape index (κ2) is 9.60. The maximum Gasteiger partial charge on any atom is 0.308 e. The van der Waals surface area contributed by atoms with Gasteiger partial charge in [0.25, 0.3) is 5.91 Å². The zero-order chi connectivity index (χ0) is 20.8. The molecular formula is C22H24N2O4S. The lowest BCUT2D eigenvalue weighted by Gasteiger charge is -2.25. The number of thioether (sulfide) groups is 1. The van der Waals surface area contributed by atoms with Crippen LogP contribution in [0.25, 0.3) is 0 Å². The van der Waals surface area contributed by atoms with Gasteiger partial charge >= 0.3 is 5.97 Å². The predicted molar refractivity (Wildman–Crippen MR) is 112 cm³/mol. The van der Waals surface area contributed by atoms with Crippen molar-refractivity contribution in [2.24, 2.45) is 5.92 Å². The molecule has 0 fully saturated rings. The molecule has 0 bridgehead atoms. The van der Waals surface area contributed by atoms with Crippen LogP contribution in [-0.2, 0) is 25.7 Å². The van der Waals surface area contributed by atoms with Gasteiger partial charge in [-0.05, 0) is 23.6 Å². The number of hydrogen-bond acceptors (Lipinski definition) is 5. The quantitative estimate of drug-likeness (QED) is 0.681. The Kier molecular flexibility index (Phi) is 6.93. The monoisotopic (exact) mass is 412 g/mol. The molecule has 3 rings (SSSR count). The van der Waals surface area contributed by atoms with Gasteiger partial charge in [-0.2, -0.15) is 0 Å². The molecular weight excluding hydrogens is 388 g/mol. The summed E-state index contributed by atoms with van der Waals surface area (Å²) in [5.41, 5.74) is 1.70. The van der Waals surface area contributed by atoms with Gasteiger partial charge in [-0.3, -0.25) is 14.4 Å². The molecule has 29 heavy (non-hydrogen) atoms. The van der Waals surface area contributed by atoms with Crippen LogP contribution in [0.15, 0.2) is 59.5 Å². The summed E-state index contributed by atoms with van der Waals surface area (Å²) in [4.78, 5) is 38.2. The minimum atomic E-state index is -0.907. The molecule has 1 aliphatic rings. The van der Waals surface area contributed by atoms with Crippen molar-refractivity contribution in [2.45, 2.75) is 43.1 Å². The number of carbonyl (C=O) groups is 3. The first-order chi connectivity index (χ1) is 13.9. The van der Waals surface area contributed by atoms with Crippen LogP contribution in [0.1, 0.15) is 25.8 Å². The summed E-state index contributed by atoms with van der Waals surface area (Å²) in [5.74, 6) is -1.34. The highest BCUT2D eigenvalue weighted by Crippen LogP contribution is 2.36. The highest BCUT2D eigenvalue weighted by Gasteiger charge is 2.32. The SMILES string of the molecule is CC(C)[C@H](OC(=O)C[C@@H]1Sc2ccccc2NC1=O)C(=O)NCc1ccccc1. The zero-order valence-corrected chi connectivity index (χ0v) is 17.2. The Bertz CT molecular complexity index is 885. The van der Waals surface area contributed by atoms with Gasteiger partial charge in [0, 0.05) is 11.4 Å². The Morgan fingerprint density at radius 1 is 1.10 bits per heavy atom. The van der Waals surface area contributed by atoms with E-state index in [1.165, 1.54) is 11.8 Å². The number of benzene rings is 2. The van der Waals surface area contributed by atoms with Crippen molar-refractivity contribution < 1.29 is 19.1 Å². The number of ether oxygens (including phenoxy) is 1. The van der Waals surface area contributed by atoms with Gasteiger partial charge in [-0.15, -0.1) is 11.8 Å². The molecule has 0 saturated carbocycles. The Morgan fingerprint density at radius 3 is 2.52 bits per heavy atom. The molecule has 2 amide bonds. The lowest BCUT2D eigenvalue weighted by atomic mass is 10.1. The van der Waals surface area contributed by atoms with Crippen LogP contribution in [0, 0.1) is 5.92 Å². The van der Waals surface area contributed by atoms with Crippen LogP contribution >= 0.6 is 11.8 Å². The van der Waals surface area contributed by atoms with E-state index in [-0.39, 0.29) is 24.2 Å². The number of carbonyl (C=O) groups excluding carboxylic acids is 3. The third-order valence-corrected chi connectivity index (χ3v) is 5.77. The second-order valence-corrected chi connectivity index (χ2v) is 8.40. The van der Waals surface area contributed by atoms with Crippen LogP contribution < -0.4 is 10.6 Å². The van der Waals surface area contributed by atoms with Gasteiger partial charge in [0.15, 0.2) is 6.10 Å². The normalized spacial score (nSPS) is 16.5. The maximum absolute atomic E-state index is 12.5. The summed E-state index contributed by atoms with van der Waals surface area (Å²) in [5, 5.41) is 5.03. The number of rotatable bonds is 7.